The molecule has 0 N–H and O–H groups in total. The molecule has 3 aromatic heterocycles. The van der Waals surface area contributed by atoms with Gasteiger partial charge in [-0.1, -0.05) is 6.07 Å². The van der Waals surface area contributed by atoms with Gasteiger partial charge in [-0.3, -0.25) is 4.90 Å². The second kappa shape index (κ2) is 6.98. The summed E-state index contributed by atoms with van der Waals surface area (Å²) < 4.78 is 1.58. The van der Waals surface area contributed by atoms with Crippen molar-refractivity contribution in [3.05, 3.63) is 42.1 Å². The van der Waals surface area contributed by atoms with Gasteiger partial charge in [-0.05, 0) is 18.6 Å². The number of fused-ring (bicyclic) bond motifs is 1. The van der Waals surface area contributed by atoms with E-state index in [4.69, 9.17) is 0 Å². The summed E-state index contributed by atoms with van der Waals surface area (Å²) in [7, 11) is 0. The van der Waals surface area contributed by atoms with Crippen LogP contribution in [0.25, 0.3) is 11.2 Å². The summed E-state index contributed by atoms with van der Waals surface area (Å²) in [5.41, 5.74) is 1.12. The molecule has 0 atom stereocenters. The van der Waals surface area contributed by atoms with Crippen LogP contribution in [0.1, 0.15) is 6.42 Å². The van der Waals surface area contributed by atoms with E-state index in [1.807, 2.05) is 18.3 Å². The number of pyridine rings is 1. The van der Waals surface area contributed by atoms with Crippen LogP contribution in [0.5, 0.6) is 0 Å². The Kier molecular flexibility index (Phi) is 4.38. The molecule has 9 nitrogen and oxygen atoms in total. The quantitative estimate of drug-likeness (QED) is 0.479. The second-order valence-electron chi connectivity index (χ2n) is 6.08. The van der Waals surface area contributed by atoms with Gasteiger partial charge in [0.2, 0.25) is 0 Å². The molecule has 0 spiro atoms. The van der Waals surface area contributed by atoms with Crippen molar-refractivity contribution in [2.24, 2.45) is 0 Å². The molecule has 1 fully saturated rings. The zero-order chi connectivity index (χ0) is 17.1. The Morgan fingerprint density at radius 3 is 2.76 bits per heavy atom. The predicted molar refractivity (Wildman–Crippen MR) is 91.8 cm³/mol. The van der Waals surface area contributed by atoms with Gasteiger partial charge in [0.15, 0.2) is 5.52 Å². The number of nitrogens with zero attached hydrogens (tertiary/aromatic N) is 8. The Labute approximate surface area is 145 Å². The summed E-state index contributed by atoms with van der Waals surface area (Å²) in [6.07, 6.45) is 5.75. The zero-order valence-corrected chi connectivity index (χ0v) is 13.9. The number of hydrogen-bond donors (Lipinski definition) is 0. The summed E-state index contributed by atoms with van der Waals surface area (Å²) in [6.45, 7) is 5.50. The molecule has 4 heterocycles. The fraction of sp³-hybridized carbons (Fsp3) is 0.438. The molecule has 0 aromatic carbocycles. The van der Waals surface area contributed by atoms with Crippen molar-refractivity contribution in [3.8, 4) is 0 Å². The highest BCUT2D eigenvalue weighted by Gasteiger charge is 2.19. The largest absolute Gasteiger partial charge is 0.571 e. The monoisotopic (exact) mass is 340 g/mol. The average Bonchev–Trinajstić information content (AvgIpc) is 2.99. The van der Waals surface area contributed by atoms with Crippen LogP contribution in [-0.2, 0) is 6.54 Å². The molecule has 1 saturated heterocycles. The summed E-state index contributed by atoms with van der Waals surface area (Å²) in [4.78, 5) is 17.7. The van der Waals surface area contributed by atoms with Crippen LogP contribution in [0.15, 0.2) is 36.9 Å². The minimum absolute atomic E-state index is 0.439. The zero-order valence-electron chi connectivity index (χ0n) is 13.9. The van der Waals surface area contributed by atoms with E-state index in [9.17, 15) is 5.21 Å². The van der Waals surface area contributed by atoms with Crippen molar-refractivity contribution < 1.29 is 4.96 Å². The molecule has 0 amide bonds. The number of piperazine rings is 1. The van der Waals surface area contributed by atoms with Crippen molar-refractivity contribution in [3.63, 3.8) is 0 Å². The van der Waals surface area contributed by atoms with Crippen LogP contribution in [0.4, 0.5) is 5.82 Å². The van der Waals surface area contributed by atoms with Crippen LogP contribution in [-0.4, -0.2) is 62.4 Å². The molecule has 3 aromatic rings. The van der Waals surface area contributed by atoms with E-state index >= 15 is 0 Å². The molecule has 25 heavy (non-hydrogen) atoms. The molecular weight excluding hydrogens is 320 g/mol. The Hall–Kier alpha value is -2.81. The van der Waals surface area contributed by atoms with Gasteiger partial charge in [-0.15, -0.1) is 4.68 Å². The highest BCUT2D eigenvalue weighted by atomic mass is 16.5. The first-order valence-corrected chi connectivity index (χ1v) is 8.46. The van der Waals surface area contributed by atoms with Crippen molar-refractivity contribution in [1.29, 1.82) is 0 Å². The first kappa shape index (κ1) is 15.7. The maximum atomic E-state index is 11.9. The van der Waals surface area contributed by atoms with Crippen LogP contribution in [0.3, 0.4) is 0 Å². The second-order valence-corrected chi connectivity index (χ2v) is 6.08. The molecule has 1 aliphatic rings. The molecule has 0 aliphatic carbocycles. The Morgan fingerprint density at radius 1 is 1.08 bits per heavy atom. The summed E-state index contributed by atoms with van der Waals surface area (Å²) in [5.74, 6) is 1.04. The number of anilines is 1. The lowest BCUT2D eigenvalue weighted by atomic mass is 10.2. The first-order chi connectivity index (χ1) is 12.3. The lowest BCUT2D eigenvalue weighted by Gasteiger charge is -2.35. The Balaban J connectivity index is 1.29. The standard InChI is InChI=1S/C16H20N8O/c25-24-20-16-14(12-17-13-19-16)23(24)7-3-6-21-8-10-22(11-9-21)15-4-1-2-5-18-15/h1-2,4-5,12-13H,3,6-11H2. The van der Waals surface area contributed by atoms with Crippen LogP contribution < -0.4 is 9.86 Å². The Bertz CT molecular complexity index is 829. The lowest BCUT2D eigenvalue weighted by molar-refractivity contribution is -0.746. The van der Waals surface area contributed by atoms with Crippen molar-refractivity contribution in [1.82, 2.24) is 29.6 Å². The molecule has 0 saturated carbocycles. The molecule has 0 unspecified atom stereocenters. The SMILES string of the molecule is [O-][n+]1nc2ncncc2n1CCCN1CCN(c2ccccn2)CC1. The third-order valence-electron chi connectivity index (χ3n) is 4.53. The van der Waals surface area contributed by atoms with Gasteiger partial charge < -0.3 is 10.1 Å². The molecule has 1 aliphatic heterocycles. The molecular formula is C16H20N8O. The van der Waals surface area contributed by atoms with E-state index in [0.29, 0.717) is 22.7 Å². The van der Waals surface area contributed by atoms with E-state index in [1.54, 1.807) is 10.9 Å². The van der Waals surface area contributed by atoms with Gasteiger partial charge in [0.25, 0.3) is 5.65 Å². The molecule has 0 bridgehead atoms. The highest BCUT2D eigenvalue weighted by molar-refractivity contribution is 5.66. The van der Waals surface area contributed by atoms with Gasteiger partial charge in [-0.25, -0.2) is 15.0 Å². The van der Waals surface area contributed by atoms with E-state index < -0.39 is 0 Å². The van der Waals surface area contributed by atoms with Gasteiger partial charge in [0.1, 0.15) is 12.1 Å². The predicted octanol–water partition coefficient (Wildman–Crippen LogP) is 0.0670. The first-order valence-electron chi connectivity index (χ1n) is 8.46. The summed E-state index contributed by atoms with van der Waals surface area (Å²) >= 11 is 0. The molecule has 0 radical (unpaired) electrons. The number of rotatable bonds is 5. The fourth-order valence-electron chi connectivity index (χ4n) is 3.19. The third-order valence-corrected chi connectivity index (χ3v) is 4.53. The fourth-order valence-corrected chi connectivity index (χ4v) is 3.19. The number of aryl methyl sites for hydroxylation is 1. The third kappa shape index (κ3) is 3.36. The van der Waals surface area contributed by atoms with Crippen LogP contribution in [0.2, 0.25) is 0 Å². The highest BCUT2D eigenvalue weighted by Crippen LogP contribution is 2.13. The molecule has 9 heteroatoms. The minimum atomic E-state index is 0.439. The van der Waals surface area contributed by atoms with E-state index in [2.05, 4.69) is 35.9 Å². The topological polar surface area (TPSA) is 89.9 Å². The van der Waals surface area contributed by atoms with Gasteiger partial charge >= 0.3 is 0 Å². The Morgan fingerprint density at radius 2 is 1.96 bits per heavy atom. The number of hydrogen-bond acceptors (Lipinski definition) is 7. The maximum absolute atomic E-state index is 11.9. The van der Waals surface area contributed by atoms with Gasteiger partial charge in [-0.2, -0.15) is 0 Å². The lowest BCUT2D eigenvalue weighted by Crippen LogP contribution is -2.47. The summed E-state index contributed by atoms with van der Waals surface area (Å²) in [5, 5.41) is 15.8. The van der Waals surface area contributed by atoms with Crippen molar-refractivity contribution in [2.45, 2.75) is 13.0 Å². The van der Waals surface area contributed by atoms with Crippen LogP contribution in [0, 0.1) is 5.21 Å². The molecule has 130 valence electrons. The number of aromatic nitrogens is 6. The average molecular weight is 340 g/mol. The van der Waals surface area contributed by atoms with Crippen LogP contribution >= 0.6 is 0 Å². The smallest absolute Gasteiger partial charge is 0.256 e. The van der Waals surface area contributed by atoms with E-state index in [0.717, 1.165) is 45.0 Å². The van der Waals surface area contributed by atoms with Gasteiger partial charge in [0.05, 0.1) is 17.8 Å². The van der Waals surface area contributed by atoms with E-state index in [1.165, 1.54) is 6.33 Å². The van der Waals surface area contributed by atoms with Crippen molar-refractivity contribution in [2.75, 3.05) is 37.6 Å². The normalized spacial score (nSPS) is 15.8. The molecule has 4 rings (SSSR count). The summed E-state index contributed by atoms with van der Waals surface area (Å²) in [6, 6.07) is 6.01. The van der Waals surface area contributed by atoms with Crippen molar-refractivity contribution >= 4 is 17.0 Å². The van der Waals surface area contributed by atoms with Gasteiger partial charge in [0, 0.05) is 43.9 Å². The minimum Gasteiger partial charge on any atom is -0.571 e. The maximum Gasteiger partial charge on any atom is 0.256 e. The van der Waals surface area contributed by atoms with E-state index in [-0.39, 0.29) is 0 Å².